The van der Waals surface area contributed by atoms with Gasteiger partial charge in [-0.3, -0.25) is 0 Å². The molecule has 0 amide bonds. The highest BCUT2D eigenvalue weighted by Crippen LogP contribution is 2.34. The van der Waals surface area contributed by atoms with Gasteiger partial charge in [-0.15, -0.1) is 11.3 Å². The van der Waals surface area contributed by atoms with Crippen LogP contribution in [0.2, 0.25) is 0 Å². The zero-order chi connectivity index (χ0) is 10.3. The van der Waals surface area contributed by atoms with Crippen LogP contribution in [0.4, 0.5) is 0 Å². The predicted octanol–water partition coefficient (Wildman–Crippen LogP) is 2.61. The van der Waals surface area contributed by atoms with Crippen molar-refractivity contribution in [2.24, 2.45) is 0 Å². The largest absolute Gasteiger partial charge is 0.506 e. The highest BCUT2D eigenvalue weighted by Gasteiger charge is 2.13. The van der Waals surface area contributed by atoms with Gasteiger partial charge >= 0.3 is 5.97 Å². The van der Waals surface area contributed by atoms with Crippen molar-refractivity contribution >= 4 is 27.4 Å². The van der Waals surface area contributed by atoms with Crippen LogP contribution in [-0.2, 0) is 0 Å². The first-order valence-electron chi connectivity index (χ1n) is 4.03. The number of aryl methyl sites for hydroxylation is 1. The second-order valence-electron chi connectivity index (χ2n) is 3.12. The van der Waals surface area contributed by atoms with E-state index >= 15 is 0 Å². The number of thiophene rings is 1. The molecule has 4 heteroatoms. The molecule has 0 aliphatic carbocycles. The first kappa shape index (κ1) is 9.02. The van der Waals surface area contributed by atoms with E-state index in [1.54, 1.807) is 17.5 Å². The second-order valence-corrected chi connectivity index (χ2v) is 3.99. The molecule has 0 saturated heterocycles. The molecule has 2 rings (SSSR count). The molecular weight excluding hydrogens is 200 g/mol. The van der Waals surface area contributed by atoms with E-state index in [2.05, 4.69) is 0 Å². The summed E-state index contributed by atoms with van der Waals surface area (Å²) in [5, 5.41) is 20.6. The molecule has 0 saturated carbocycles. The van der Waals surface area contributed by atoms with E-state index in [-0.39, 0.29) is 11.3 Å². The lowest BCUT2D eigenvalue weighted by atomic mass is 10.1. The lowest BCUT2D eigenvalue weighted by Gasteiger charge is -1.99. The Morgan fingerprint density at radius 1 is 1.43 bits per heavy atom. The van der Waals surface area contributed by atoms with Gasteiger partial charge in [0.25, 0.3) is 0 Å². The molecule has 2 aromatic rings. The summed E-state index contributed by atoms with van der Waals surface area (Å²) in [6.07, 6.45) is 0. The fourth-order valence-corrected chi connectivity index (χ4v) is 2.35. The predicted molar refractivity (Wildman–Crippen MR) is 55.2 cm³/mol. The summed E-state index contributed by atoms with van der Waals surface area (Å²) in [6, 6.07) is 3.40. The molecule has 0 atom stereocenters. The standard InChI is InChI=1S/C10H8O3S/c1-5-2-6-8(11)4-14-9(6)7(3-5)10(12)13/h2-4,11H,1H3,(H,12,13). The van der Waals surface area contributed by atoms with Crippen LogP contribution in [0, 0.1) is 6.92 Å². The van der Waals surface area contributed by atoms with Crippen molar-refractivity contribution in [3.8, 4) is 5.75 Å². The molecule has 1 aromatic carbocycles. The Kier molecular flexibility index (Phi) is 1.93. The smallest absolute Gasteiger partial charge is 0.337 e. The van der Waals surface area contributed by atoms with Gasteiger partial charge in [0, 0.05) is 10.8 Å². The van der Waals surface area contributed by atoms with Gasteiger partial charge in [-0.2, -0.15) is 0 Å². The van der Waals surface area contributed by atoms with Gasteiger partial charge in [0.1, 0.15) is 5.75 Å². The Balaban J connectivity index is 2.88. The van der Waals surface area contributed by atoms with Crippen LogP contribution in [0.25, 0.3) is 10.1 Å². The molecule has 0 aliphatic rings. The quantitative estimate of drug-likeness (QED) is 0.757. The van der Waals surface area contributed by atoms with Gasteiger partial charge in [-0.25, -0.2) is 4.79 Å². The Bertz CT molecular complexity index is 513. The molecule has 14 heavy (non-hydrogen) atoms. The summed E-state index contributed by atoms with van der Waals surface area (Å²) >= 11 is 1.25. The Hall–Kier alpha value is -1.55. The molecule has 0 bridgehead atoms. The van der Waals surface area contributed by atoms with Crippen LogP contribution in [0.15, 0.2) is 17.5 Å². The summed E-state index contributed by atoms with van der Waals surface area (Å²) in [6.45, 7) is 1.81. The third-order valence-corrected chi connectivity index (χ3v) is 3.04. The van der Waals surface area contributed by atoms with Crippen molar-refractivity contribution in [3.05, 3.63) is 28.6 Å². The molecular formula is C10H8O3S. The molecule has 0 unspecified atom stereocenters. The van der Waals surface area contributed by atoms with Gasteiger partial charge in [-0.1, -0.05) is 0 Å². The first-order valence-corrected chi connectivity index (χ1v) is 4.91. The molecule has 3 nitrogen and oxygen atoms in total. The number of aromatic carboxylic acids is 1. The van der Waals surface area contributed by atoms with Crippen LogP contribution in [0.1, 0.15) is 15.9 Å². The fourth-order valence-electron chi connectivity index (χ4n) is 1.43. The minimum Gasteiger partial charge on any atom is -0.506 e. The number of carboxylic acids is 1. The molecule has 0 spiro atoms. The normalized spacial score (nSPS) is 10.6. The highest BCUT2D eigenvalue weighted by atomic mass is 32.1. The van der Waals surface area contributed by atoms with Crippen LogP contribution in [0.5, 0.6) is 5.75 Å². The summed E-state index contributed by atoms with van der Waals surface area (Å²) in [4.78, 5) is 10.9. The van der Waals surface area contributed by atoms with Crippen molar-refractivity contribution in [2.45, 2.75) is 6.92 Å². The molecule has 1 heterocycles. The van der Waals surface area contributed by atoms with E-state index in [1.165, 1.54) is 11.3 Å². The van der Waals surface area contributed by atoms with E-state index in [0.717, 1.165) is 5.56 Å². The minimum atomic E-state index is -0.958. The highest BCUT2D eigenvalue weighted by molar-refractivity contribution is 7.18. The van der Waals surface area contributed by atoms with Crippen molar-refractivity contribution < 1.29 is 15.0 Å². The molecule has 0 aliphatic heterocycles. The van der Waals surface area contributed by atoms with Crippen LogP contribution in [0.3, 0.4) is 0 Å². The number of rotatable bonds is 1. The van der Waals surface area contributed by atoms with Crippen LogP contribution < -0.4 is 0 Å². The van der Waals surface area contributed by atoms with Crippen molar-refractivity contribution in [1.82, 2.24) is 0 Å². The number of carboxylic acid groups (broad SMARTS) is 1. The lowest BCUT2D eigenvalue weighted by Crippen LogP contribution is -1.96. The number of carbonyl (C=O) groups is 1. The summed E-state index contributed by atoms with van der Waals surface area (Å²) in [5.41, 5.74) is 1.09. The van der Waals surface area contributed by atoms with E-state index in [9.17, 15) is 9.90 Å². The minimum absolute atomic E-state index is 0.149. The average Bonchev–Trinajstić information content (AvgIpc) is 2.47. The molecule has 0 radical (unpaired) electrons. The second kappa shape index (κ2) is 2.99. The summed E-state index contributed by atoms with van der Waals surface area (Å²) in [5.74, 6) is -0.809. The summed E-state index contributed by atoms with van der Waals surface area (Å²) < 4.78 is 0.626. The fraction of sp³-hybridized carbons (Fsp3) is 0.100. The van der Waals surface area contributed by atoms with Gasteiger partial charge in [0.2, 0.25) is 0 Å². The van der Waals surface area contributed by atoms with E-state index in [4.69, 9.17) is 5.11 Å². The third kappa shape index (κ3) is 1.24. The van der Waals surface area contributed by atoms with Crippen molar-refractivity contribution in [1.29, 1.82) is 0 Å². The summed E-state index contributed by atoms with van der Waals surface area (Å²) in [7, 11) is 0. The Morgan fingerprint density at radius 2 is 2.14 bits per heavy atom. The monoisotopic (exact) mass is 208 g/mol. The van der Waals surface area contributed by atoms with E-state index < -0.39 is 5.97 Å². The first-order chi connectivity index (χ1) is 6.59. The van der Waals surface area contributed by atoms with Crippen LogP contribution >= 0.6 is 11.3 Å². The molecule has 1 aromatic heterocycles. The van der Waals surface area contributed by atoms with E-state index in [1.807, 2.05) is 6.92 Å². The van der Waals surface area contributed by atoms with Crippen molar-refractivity contribution in [3.63, 3.8) is 0 Å². The molecule has 2 N–H and O–H groups in total. The number of benzene rings is 1. The van der Waals surface area contributed by atoms with Crippen molar-refractivity contribution in [2.75, 3.05) is 0 Å². The van der Waals surface area contributed by atoms with Gasteiger partial charge < -0.3 is 10.2 Å². The van der Waals surface area contributed by atoms with E-state index in [0.29, 0.717) is 10.1 Å². The maximum absolute atomic E-state index is 10.9. The lowest BCUT2D eigenvalue weighted by molar-refractivity contribution is 0.0699. The van der Waals surface area contributed by atoms with Gasteiger partial charge in [0.05, 0.1) is 10.3 Å². The average molecular weight is 208 g/mol. The molecule has 72 valence electrons. The maximum atomic E-state index is 10.9. The Morgan fingerprint density at radius 3 is 2.79 bits per heavy atom. The van der Waals surface area contributed by atoms with Crippen LogP contribution in [-0.4, -0.2) is 16.2 Å². The zero-order valence-electron chi connectivity index (χ0n) is 7.44. The van der Waals surface area contributed by atoms with Gasteiger partial charge in [0.15, 0.2) is 0 Å². The number of hydrogen-bond acceptors (Lipinski definition) is 3. The number of fused-ring (bicyclic) bond motifs is 1. The SMILES string of the molecule is Cc1cc(C(=O)O)c2scc(O)c2c1. The number of aromatic hydroxyl groups is 1. The topological polar surface area (TPSA) is 57.5 Å². The Labute approximate surface area is 84.2 Å². The van der Waals surface area contributed by atoms with Gasteiger partial charge in [-0.05, 0) is 24.6 Å². The molecule has 0 fully saturated rings. The number of hydrogen-bond donors (Lipinski definition) is 2. The third-order valence-electron chi connectivity index (χ3n) is 2.03. The maximum Gasteiger partial charge on any atom is 0.337 e. The zero-order valence-corrected chi connectivity index (χ0v) is 8.26.